The number of thioether (sulfide) groups is 1. The van der Waals surface area contributed by atoms with Gasteiger partial charge in [0, 0.05) is 5.69 Å². The van der Waals surface area contributed by atoms with Gasteiger partial charge in [0.25, 0.3) is 0 Å². The summed E-state index contributed by atoms with van der Waals surface area (Å²) in [6.07, 6.45) is 0. The van der Waals surface area contributed by atoms with Crippen molar-refractivity contribution in [3.05, 3.63) is 77.9 Å². The van der Waals surface area contributed by atoms with Gasteiger partial charge in [0.2, 0.25) is 5.91 Å². The van der Waals surface area contributed by atoms with Gasteiger partial charge >= 0.3 is 0 Å². The van der Waals surface area contributed by atoms with Crippen LogP contribution in [-0.4, -0.2) is 38.1 Å². The maximum absolute atomic E-state index is 12.6. The minimum atomic E-state index is -0.159. The number of rotatable bonds is 8. The van der Waals surface area contributed by atoms with Gasteiger partial charge in [-0.3, -0.25) is 9.36 Å². The van der Waals surface area contributed by atoms with Crippen LogP contribution in [0.25, 0.3) is 17.1 Å². The summed E-state index contributed by atoms with van der Waals surface area (Å²) < 4.78 is 7.33. The Morgan fingerprint density at radius 1 is 1.06 bits per heavy atom. The number of hydrogen-bond acceptors (Lipinski definition) is 6. The zero-order valence-electron chi connectivity index (χ0n) is 19.3. The number of anilines is 1. The highest BCUT2D eigenvalue weighted by atomic mass is 32.2. The number of nitrogens with one attached hydrogen (secondary N) is 1. The Kier molecular flexibility index (Phi) is 7.18. The standard InChI is InChI=1S/C26H26N4O3S/c1-4-33-20-12-10-19(11-13-20)27-24(32)16-34-26-29-28-25(21-7-5-6-8-23(21)31)30(26)22-14-9-17(2)15-18(22)3/h5-15,31H,4,16H2,1-3H3,(H,27,32). The van der Waals surface area contributed by atoms with E-state index in [-0.39, 0.29) is 17.4 Å². The SMILES string of the molecule is CCOc1ccc(NC(=O)CSc2nnc(-c3ccccc3O)n2-c2ccc(C)cc2C)cc1. The highest BCUT2D eigenvalue weighted by molar-refractivity contribution is 7.99. The van der Waals surface area contributed by atoms with Crippen LogP contribution in [0.2, 0.25) is 0 Å². The van der Waals surface area contributed by atoms with Crippen molar-refractivity contribution in [1.29, 1.82) is 0 Å². The second-order valence-corrected chi connectivity index (χ2v) is 8.69. The molecule has 0 saturated heterocycles. The number of para-hydroxylation sites is 1. The molecule has 4 aromatic rings. The molecule has 0 bridgehead atoms. The fraction of sp³-hybridized carbons (Fsp3) is 0.192. The van der Waals surface area contributed by atoms with E-state index in [0.717, 1.165) is 22.6 Å². The third-order valence-electron chi connectivity index (χ3n) is 5.15. The molecule has 1 aromatic heterocycles. The first-order valence-corrected chi connectivity index (χ1v) is 11.9. The number of hydrogen-bond donors (Lipinski definition) is 2. The molecular formula is C26H26N4O3S. The van der Waals surface area contributed by atoms with E-state index in [0.29, 0.717) is 28.8 Å². The third kappa shape index (κ3) is 5.23. The number of carbonyl (C=O) groups is 1. The van der Waals surface area contributed by atoms with Gasteiger partial charge in [-0.1, -0.05) is 41.6 Å². The highest BCUT2D eigenvalue weighted by Gasteiger charge is 2.20. The molecule has 0 saturated carbocycles. The quantitative estimate of drug-likeness (QED) is 0.333. The highest BCUT2D eigenvalue weighted by Crippen LogP contribution is 2.33. The van der Waals surface area contributed by atoms with E-state index in [1.807, 2.05) is 67.8 Å². The Hall–Kier alpha value is -3.78. The minimum Gasteiger partial charge on any atom is -0.507 e. The number of phenolic OH excluding ortho intramolecular Hbond substituents is 1. The van der Waals surface area contributed by atoms with Crippen LogP contribution in [0.1, 0.15) is 18.1 Å². The predicted octanol–water partition coefficient (Wildman–Crippen LogP) is 5.39. The molecule has 1 amide bonds. The molecule has 174 valence electrons. The zero-order chi connectivity index (χ0) is 24.1. The fourth-order valence-electron chi connectivity index (χ4n) is 3.60. The number of aryl methyl sites for hydroxylation is 2. The van der Waals surface area contributed by atoms with Crippen molar-refractivity contribution in [1.82, 2.24) is 14.8 Å². The van der Waals surface area contributed by atoms with Crippen molar-refractivity contribution in [2.45, 2.75) is 25.9 Å². The largest absolute Gasteiger partial charge is 0.507 e. The molecule has 4 rings (SSSR count). The van der Waals surface area contributed by atoms with Gasteiger partial charge in [-0.25, -0.2) is 0 Å². The Morgan fingerprint density at radius 3 is 2.53 bits per heavy atom. The number of nitrogens with zero attached hydrogens (tertiary/aromatic N) is 3. The van der Waals surface area contributed by atoms with Crippen molar-refractivity contribution in [2.24, 2.45) is 0 Å². The molecule has 7 nitrogen and oxygen atoms in total. The van der Waals surface area contributed by atoms with Gasteiger partial charge in [-0.05, 0) is 68.8 Å². The van der Waals surface area contributed by atoms with E-state index in [9.17, 15) is 9.90 Å². The molecule has 0 atom stereocenters. The van der Waals surface area contributed by atoms with Crippen LogP contribution in [0, 0.1) is 13.8 Å². The molecule has 0 radical (unpaired) electrons. The van der Waals surface area contributed by atoms with Gasteiger partial charge in [-0.2, -0.15) is 0 Å². The summed E-state index contributed by atoms with van der Waals surface area (Å²) >= 11 is 1.29. The van der Waals surface area contributed by atoms with Crippen LogP contribution >= 0.6 is 11.8 Å². The van der Waals surface area contributed by atoms with E-state index >= 15 is 0 Å². The molecule has 1 heterocycles. The lowest BCUT2D eigenvalue weighted by atomic mass is 10.1. The van der Waals surface area contributed by atoms with E-state index in [1.54, 1.807) is 18.2 Å². The number of benzene rings is 3. The first-order chi connectivity index (χ1) is 16.5. The Labute approximate surface area is 202 Å². The van der Waals surface area contributed by atoms with Crippen LogP contribution in [0.3, 0.4) is 0 Å². The topological polar surface area (TPSA) is 89.3 Å². The number of aromatic hydroxyl groups is 1. The number of aromatic nitrogens is 3. The van der Waals surface area contributed by atoms with Gasteiger partial charge in [-0.15, -0.1) is 10.2 Å². The third-order valence-corrected chi connectivity index (χ3v) is 6.08. The number of ether oxygens (including phenoxy) is 1. The molecule has 0 aliphatic rings. The molecule has 0 aliphatic heterocycles. The van der Waals surface area contributed by atoms with Gasteiger partial charge < -0.3 is 15.2 Å². The lowest BCUT2D eigenvalue weighted by molar-refractivity contribution is -0.113. The van der Waals surface area contributed by atoms with Crippen LogP contribution in [-0.2, 0) is 4.79 Å². The molecule has 0 aliphatic carbocycles. The van der Waals surface area contributed by atoms with Crippen LogP contribution in [0.4, 0.5) is 5.69 Å². The second kappa shape index (κ2) is 10.4. The summed E-state index contributed by atoms with van der Waals surface area (Å²) in [4.78, 5) is 12.6. The van der Waals surface area contributed by atoms with E-state index in [1.165, 1.54) is 11.8 Å². The normalized spacial score (nSPS) is 10.8. The van der Waals surface area contributed by atoms with E-state index in [4.69, 9.17) is 4.74 Å². The van der Waals surface area contributed by atoms with Crippen molar-refractivity contribution in [3.63, 3.8) is 0 Å². The number of phenols is 1. The molecule has 0 fully saturated rings. The monoisotopic (exact) mass is 474 g/mol. The van der Waals surface area contributed by atoms with Crippen LogP contribution < -0.4 is 10.1 Å². The van der Waals surface area contributed by atoms with E-state index in [2.05, 4.69) is 21.6 Å². The summed E-state index contributed by atoms with van der Waals surface area (Å²) in [6, 6.07) is 20.4. The van der Waals surface area contributed by atoms with Crippen molar-refractivity contribution in [3.8, 4) is 28.6 Å². The molecule has 3 aromatic carbocycles. The smallest absolute Gasteiger partial charge is 0.234 e. The van der Waals surface area contributed by atoms with Crippen LogP contribution in [0.5, 0.6) is 11.5 Å². The fourth-order valence-corrected chi connectivity index (χ4v) is 4.35. The number of carbonyl (C=O) groups excluding carboxylic acids is 1. The van der Waals surface area contributed by atoms with Gasteiger partial charge in [0.05, 0.1) is 23.6 Å². The second-order valence-electron chi connectivity index (χ2n) is 7.74. The molecule has 0 spiro atoms. The van der Waals surface area contributed by atoms with Crippen molar-refractivity contribution in [2.75, 3.05) is 17.7 Å². The first-order valence-electron chi connectivity index (χ1n) is 10.9. The van der Waals surface area contributed by atoms with Gasteiger partial charge in [0.15, 0.2) is 11.0 Å². The maximum atomic E-state index is 12.6. The van der Waals surface area contributed by atoms with E-state index < -0.39 is 0 Å². The maximum Gasteiger partial charge on any atom is 0.234 e. The Morgan fingerprint density at radius 2 is 1.82 bits per heavy atom. The lowest BCUT2D eigenvalue weighted by Gasteiger charge is -2.14. The molecule has 34 heavy (non-hydrogen) atoms. The zero-order valence-corrected chi connectivity index (χ0v) is 20.1. The van der Waals surface area contributed by atoms with Crippen LogP contribution in [0.15, 0.2) is 71.9 Å². The van der Waals surface area contributed by atoms with Crippen molar-refractivity contribution >= 4 is 23.4 Å². The Balaban J connectivity index is 1.59. The average Bonchev–Trinajstić information content (AvgIpc) is 3.23. The first kappa shape index (κ1) is 23.4. The minimum absolute atomic E-state index is 0.116. The summed E-state index contributed by atoms with van der Waals surface area (Å²) in [6.45, 7) is 6.57. The molecular weight excluding hydrogens is 448 g/mol. The summed E-state index contributed by atoms with van der Waals surface area (Å²) in [5.74, 6) is 1.38. The van der Waals surface area contributed by atoms with Gasteiger partial charge in [0.1, 0.15) is 11.5 Å². The summed E-state index contributed by atoms with van der Waals surface area (Å²) in [5, 5.41) is 22.6. The van der Waals surface area contributed by atoms with Crippen molar-refractivity contribution < 1.29 is 14.6 Å². The number of amides is 1. The molecule has 8 heteroatoms. The summed E-state index contributed by atoms with van der Waals surface area (Å²) in [5.41, 5.74) is 4.34. The molecule has 0 unspecified atom stereocenters. The Bertz CT molecular complexity index is 1300. The predicted molar refractivity (Wildman–Crippen MR) is 135 cm³/mol. The average molecular weight is 475 g/mol. The molecule has 2 N–H and O–H groups in total. The lowest BCUT2D eigenvalue weighted by Crippen LogP contribution is -2.14. The summed E-state index contributed by atoms with van der Waals surface area (Å²) in [7, 11) is 0.